The van der Waals surface area contributed by atoms with Crippen molar-refractivity contribution in [2.24, 2.45) is 0 Å². The van der Waals surface area contributed by atoms with Crippen LogP contribution in [0.25, 0.3) is 20.9 Å². The molecule has 0 atom stereocenters. The molecule has 2 nitrogen and oxygen atoms in total. The van der Waals surface area contributed by atoms with E-state index in [1.54, 1.807) is 30.6 Å². The van der Waals surface area contributed by atoms with Gasteiger partial charge in [0.15, 0.2) is 5.78 Å². The number of aromatic nitrogens is 1. The summed E-state index contributed by atoms with van der Waals surface area (Å²) in [5.74, 6) is -0.169. The van der Waals surface area contributed by atoms with Crippen LogP contribution in [0.3, 0.4) is 0 Å². The van der Waals surface area contributed by atoms with Gasteiger partial charge in [0, 0.05) is 39.7 Å². The van der Waals surface area contributed by atoms with Crippen LogP contribution in [-0.2, 0) is 6.42 Å². The highest BCUT2D eigenvalue weighted by molar-refractivity contribution is 7.19. The number of fused-ring (bicyclic) bond motifs is 1. The van der Waals surface area contributed by atoms with Gasteiger partial charge in [-0.15, -0.1) is 11.3 Å². The van der Waals surface area contributed by atoms with Crippen molar-refractivity contribution < 1.29 is 9.18 Å². The molecule has 108 valence electrons. The molecule has 0 bridgehead atoms. The van der Waals surface area contributed by atoms with E-state index >= 15 is 0 Å². The highest BCUT2D eigenvalue weighted by Crippen LogP contribution is 2.46. The van der Waals surface area contributed by atoms with Gasteiger partial charge in [-0.1, -0.05) is 18.2 Å². The van der Waals surface area contributed by atoms with Crippen molar-refractivity contribution in [2.75, 3.05) is 0 Å². The van der Waals surface area contributed by atoms with E-state index in [1.807, 2.05) is 12.1 Å². The molecule has 2 aromatic heterocycles. The summed E-state index contributed by atoms with van der Waals surface area (Å²) in [5, 5.41) is 0. The Morgan fingerprint density at radius 1 is 1.00 bits per heavy atom. The fourth-order valence-corrected chi connectivity index (χ4v) is 4.33. The van der Waals surface area contributed by atoms with Gasteiger partial charge in [0.1, 0.15) is 5.82 Å². The normalized spacial score (nSPS) is 13.4. The van der Waals surface area contributed by atoms with Crippen LogP contribution in [0, 0.1) is 5.82 Å². The molecule has 0 fully saturated rings. The lowest BCUT2D eigenvalue weighted by Gasteiger charge is -2.02. The molecule has 0 amide bonds. The summed E-state index contributed by atoms with van der Waals surface area (Å²) in [5.41, 5.74) is 3.31. The molecular formula is C18H12FNOS. The molecular weight excluding hydrogens is 297 g/mol. The van der Waals surface area contributed by atoms with Crippen molar-refractivity contribution in [1.29, 1.82) is 0 Å². The largest absolute Gasteiger partial charge is 0.294 e. The lowest BCUT2D eigenvalue weighted by atomic mass is 10.0. The summed E-state index contributed by atoms with van der Waals surface area (Å²) in [6.07, 6.45) is 4.72. The average molecular weight is 309 g/mol. The van der Waals surface area contributed by atoms with Crippen LogP contribution >= 0.6 is 11.3 Å². The average Bonchev–Trinajstić information content (AvgIpc) is 3.10. The first kappa shape index (κ1) is 13.3. The van der Waals surface area contributed by atoms with Gasteiger partial charge in [0.2, 0.25) is 0 Å². The Labute approximate surface area is 131 Å². The van der Waals surface area contributed by atoms with Gasteiger partial charge in [-0.05, 0) is 35.7 Å². The Kier molecular flexibility index (Phi) is 3.12. The van der Waals surface area contributed by atoms with Crippen LogP contribution in [0.1, 0.15) is 22.3 Å². The Bertz CT molecular complexity index is 870. The molecule has 0 unspecified atom stereocenters. The number of thiophene rings is 1. The summed E-state index contributed by atoms with van der Waals surface area (Å²) in [6.45, 7) is 0. The molecule has 4 rings (SSSR count). The summed E-state index contributed by atoms with van der Waals surface area (Å²) in [7, 11) is 0. The molecule has 3 aromatic rings. The lowest BCUT2D eigenvalue weighted by Crippen LogP contribution is -1.93. The van der Waals surface area contributed by atoms with E-state index in [9.17, 15) is 9.18 Å². The SMILES string of the molecule is O=C1CCc2c(-c3ccncc3)sc(-c3ccccc3F)c21. The second-order valence-corrected chi connectivity index (χ2v) is 6.27. The summed E-state index contributed by atoms with van der Waals surface area (Å²) in [6, 6.07) is 10.5. The number of pyridine rings is 1. The van der Waals surface area contributed by atoms with Gasteiger partial charge in [-0.2, -0.15) is 0 Å². The Hall–Kier alpha value is -2.33. The van der Waals surface area contributed by atoms with Gasteiger partial charge < -0.3 is 0 Å². The fraction of sp³-hybridized carbons (Fsp3) is 0.111. The van der Waals surface area contributed by atoms with E-state index < -0.39 is 0 Å². The smallest absolute Gasteiger partial charge is 0.164 e. The number of nitrogens with zero attached hydrogens (tertiary/aromatic N) is 1. The maximum absolute atomic E-state index is 14.2. The van der Waals surface area contributed by atoms with E-state index in [0.717, 1.165) is 27.3 Å². The van der Waals surface area contributed by atoms with Crippen molar-refractivity contribution in [3.05, 3.63) is 65.7 Å². The molecule has 1 aliphatic rings. The lowest BCUT2D eigenvalue weighted by molar-refractivity contribution is 0.0995. The van der Waals surface area contributed by atoms with Gasteiger partial charge in [0.05, 0.1) is 0 Å². The highest BCUT2D eigenvalue weighted by Gasteiger charge is 2.30. The first-order chi connectivity index (χ1) is 10.8. The Morgan fingerprint density at radius 3 is 2.55 bits per heavy atom. The monoisotopic (exact) mass is 309 g/mol. The molecule has 0 radical (unpaired) electrons. The van der Waals surface area contributed by atoms with Gasteiger partial charge in [0.25, 0.3) is 0 Å². The standard InChI is InChI=1S/C18H12FNOS/c19-14-4-2-1-3-12(14)18-16-13(5-6-15(16)21)17(22-18)11-7-9-20-10-8-11/h1-4,7-10H,5-6H2. The number of rotatable bonds is 2. The van der Waals surface area contributed by atoms with Gasteiger partial charge in [-0.3, -0.25) is 9.78 Å². The van der Waals surface area contributed by atoms with E-state index in [2.05, 4.69) is 4.98 Å². The van der Waals surface area contributed by atoms with Crippen molar-refractivity contribution in [3.8, 4) is 20.9 Å². The summed E-state index contributed by atoms with van der Waals surface area (Å²) < 4.78 is 14.2. The number of hydrogen-bond acceptors (Lipinski definition) is 3. The minimum Gasteiger partial charge on any atom is -0.294 e. The number of carbonyl (C=O) groups is 1. The molecule has 0 saturated heterocycles. The molecule has 0 spiro atoms. The van der Waals surface area contributed by atoms with E-state index in [0.29, 0.717) is 17.5 Å². The third kappa shape index (κ3) is 1.99. The molecule has 2 heterocycles. The quantitative estimate of drug-likeness (QED) is 0.684. The van der Waals surface area contributed by atoms with E-state index in [4.69, 9.17) is 0 Å². The minimum atomic E-state index is -0.285. The van der Waals surface area contributed by atoms with Crippen LogP contribution in [0.4, 0.5) is 4.39 Å². The Morgan fingerprint density at radius 2 is 1.77 bits per heavy atom. The minimum absolute atomic E-state index is 0.116. The number of halogens is 1. The molecule has 22 heavy (non-hydrogen) atoms. The molecule has 1 aromatic carbocycles. The molecule has 0 N–H and O–H groups in total. The number of benzene rings is 1. The predicted molar refractivity (Wildman–Crippen MR) is 85.6 cm³/mol. The number of Topliss-reactive ketones (excluding diaryl/α,β-unsaturated/α-hetero) is 1. The molecule has 0 aliphatic heterocycles. The van der Waals surface area contributed by atoms with Gasteiger partial charge in [-0.25, -0.2) is 4.39 Å². The third-order valence-electron chi connectivity index (χ3n) is 3.95. The van der Waals surface area contributed by atoms with Crippen LogP contribution in [0.5, 0.6) is 0 Å². The van der Waals surface area contributed by atoms with E-state index in [1.165, 1.54) is 17.4 Å². The zero-order valence-corrected chi connectivity index (χ0v) is 12.5. The summed E-state index contributed by atoms with van der Waals surface area (Å²) >= 11 is 1.50. The number of carbonyl (C=O) groups excluding carboxylic acids is 1. The topological polar surface area (TPSA) is 30.0 Å². The van der Waals surface area contributed by atoms with Crippen LogP contribution in [0.2, 0.25) is 0 Å². The predicted octanol–water partition coefficient (Wildman–Crippen LogP) is 4.75. The third-order valence-corrected chi connectivity index (χ3v) is 5.26. The second-order valence-electron chi connectivity index (χ2n) is 5.25. The first-order valence-corrected chi connectivity index (χ1v) is 7.91. The number of hydrogen-bond donors (Lipinski definition) is 0. The maximum Gasteiger partial charge on any atom is 0.164 e. The van der Waals surface area contributed by atoms with Crippen molar-refractivity contribution in [3.63, 3.8) is 0 Å². The number of ketones is 1. The first-order valence-electron chi connectivity index (χ1n) is 7.10. The zero-order chi connectivity index (χ0) is 15.1. The van der Waals surface area contributed by atoms with Crippen LogP contribution < -0.4 is 0 Å². The Balaban J connectivity index is 1.98. The zero-order valence-electron chi connectivity index (χ0n) is 11.7. The van der Waals surface area contributed by atoms with Crippen LogP contribution in [-0.4, -0.2) is 10.8 Å². The van der Waals surface area contributed by atoms with Crippen LogP contribution in [0.15, 0.2) is 48.8 Å². The molecule has 4 heteroatoms. The highest BCUT2D eigenvalue weighted by atomic mass is 32.1. The molecule has 0 saturated carbocycles. The maximum atomic E-state index is 14.2. The van der Waals surface area contributed by atoms with Crippen molar-refractivity contribution in [1.82, 2.24) is 4.98 Å². The van der Waals surface area contributed by atoms with Crippen molar-refractivity contribution >= 4 is 17.1 Å². The second kappa shape index (κ2) is 5.14. The van der Waals surface area contributed by atoms with Crippen molar-refractivity contribution in [2.45, 2.75) is 12.8 Å². The molecule has 1 aliphatic carbocycles. The fourth-order valence-electron chi connectivity index (χ4n) is 2.93. The van der Waals surface area contributed by atoms with E-state index in [-0.39, 0.29) is 11.6 Å². The summed E-state index contributed by atoms with van der Waals surface area (Å²) in [4.78, 5) is 18.1. The van der Waals surface area contributed by atoms with Gasteiger partial charge >= 0.3 is 0 Å².